The van der Waals surface area contributed by atoms with Crippen LogP contribution < -0.4 is 9.80 Å². The van der Waals surface area contributed by atoms with Crippen molar-refractivity contribution in [2.45, 2.75) is 70.8 Å². The maximum atomic E-state index is 13.0. The number of amides is 1. The maximum Gasteiger partial charge on any atom is 0.227 e. The van der Waals surface area contributed by atoms with Crippen LogP contribution in [-0.2, 0) is 4.79 Å². The molecule has 24 heavy (non-hydrogen) atoms. The van der Waals surface area contributed by atoms with E-state index < -0.39 is 0 Å². The van der Waals surface area contributed by atoms with Crippen LogP contribution in [-0.4, -0.2) is 32.1 Å². The number of rotatable bonds is 6. The van der Waals surface area contributed by atoms with E-state index in [1.807, 2.05) is 0 Å². The van der Waals surface area contributed by atoms with Gasteiger partial charge in [0.25, 0.3) is 0 Å². The fourth-order valence-electron chi connectivity index (χ4n) is 4.52. The molecule has 1 aromatic rings. The number of fused-ring (bicyclic) bond motifs is 3. The molecule has 1 aromatic carbocycles. The lowest BCUT2D eigenvalue weighted by Gasteiger charge is -2.34. The van der Waals surface area contributed by atoms with Gasteiger partial charge in [-0.15, -0.1) is 0 Å². The van der Waals surface area contributed by atoms with Crippen LogP contribution >= 0.6 is 0 Å². The number of likely N-dealkylation sites (N-methyl/N-ethyl adjacent to an activating group) is 1. The fourth-order valence-corrected chi connectivity index (χ4v) is 4.52. The fraction of sp³-hybridized carbons (Fsp3) is 0.667. The smallest absolute Gasteiger partial charge is 0.227 e. The number of benzene rings is 1. The molecule has 3 unspecified atom stereocenters. The van der Waals surface area contributed by atoms with Gasteiger partial charge >= 0.3 is 0 Å². The molecular formula is C21H33N2O+. The van der Waals surface area contributed by atoms with Crippen molar-refractivity contribution < 1.29 is 9.69 Å². The maximum absolute atomic E-state index is 13.0. The lowest BCUT2D eigenvalue weighted by Crippen LogP contribution is -3.11. The van der Waals surface area contributed by atoms with E-state index in [1.54, 1.807) is 4.90 Å². The highest BCUT2D eigenvalue weighted by Gasteiger charge is 2.45. The zero-order valence-electron chi connectivity index (χ0n) is 15.6. The van der Waals surface area contributed by atoms with Gasteiger partial charge in [-0.05, 0) is 25.0 Å². The Morgan fingerprint density at radius 2 is 2.04 bits per heavy atom. The van der Waals surface area contributed by atoms with Crippen LogP contribution in [0.5, 0.6) is 0 Å². The van der Waals surface area contributed by atoms with E-state index in [0.29, 0.717) is 24.3 Å². The largest absolute Gasteiger partial charge is 0.337 e. The summed E-state index contributed by atoms with van der Waals surface area (Å²) in [6.45, 7) is 6.72. The van der Waals surface area contributed by atoms with E-state index >= 15 is 0 Å². The van der Waals surface area contributed by atoms with E-state index in [-0.39, 0.29) is 0 Å². The molecule has 2 heterocycles. The highest BCUT2D eigenvalue weighted by Crippen LogP contribution is 2.43. The first-order valence-electron chi connectivity index (χ1n) is 9.85. The molecule has 132 valence electrons. The second kappa shape index (κ2) is 7.69. The Morgan fingerprint density at radius 1 is 1.25 bits per heavy atom. The average Bonchev–Trinajstić information content (AvgIpc) is 2.87. The molecule has 0 aliphatic carbocycles. The number of piperidine rings is 1. The van der Waals surface area contributed by atoms with Gasteiger partial charge in [0.2, 0.25) is 5.91 Å². The van der Waals surface area contributed by atoms with Crippen LogP contribution in [0.4, 0.5) is 5.69 Å². The monoisotopic (exact) mass is 329 g/mol. The standard InChI is InChI=1S/C21H32N2O/c1-4-5-6-7-8-9-21(24)23-19-11-10-16(2)14-17(19)18-15-22(3)13-12-20(18)23/h10-11,14,18,20H,4-9,12-13,15H2,1-3H3/p+1. The van der Waals surface area contributed by atoms with Crippen molar-refractivity contribution in [1.82, 2.24) is 0 Å². The van der Waals surface area contributed by atoms with Crippen LogP contribution in [0, 0.1) is 6.92 Å². The lowest BCUT2D eigenvalue weighted by molar-refractivity contribution is -0.886. The number of carbonyl (C=O) groups is 1. The van der Waals surface area contributed by atoms with Gasteiger partial charge in [0.05, 0.1) is 32.1 Å². The zero-order chi connectivity index (χ0) is 17.1. The number of likely N-dealkylation sites (tertiary alicyclic amines) is 1. The van der Waals surface area contributed by atoms with Crippen LogP contribution in [0.3, 0.4) is 0 Å². The number of hydrogen-bond acceptors (Lipinski definition) is 1. The highest BCUT2D eigenvalue weighted by atomic mass is 16.2. The van der Waals surface area contributed by atoms with Crippen molar-refractivity contribution in [3.8, 4) is 0 Å². The van der Waals surface area contributed by atoms with Gasteiger partial charge in [0, 0.05) is 18.5 Å². The van der Waals surface area contributed by atoms with Gasteiger partial charge in [0.15, 0.2) is 0 Å². The van der Waals surface area contributed by atoms with Crippen molar-refractivity contribution >= 4 is 11.6 Å². The van der Waals surface area contributed by atoms with Gasteiger partial charge in [-0.25, -0.2) is 0 Å². The summed E-state index contributed by atoms with van der Waals surface area (Å²) in [7, 11) is 2.28. The SMILES string of the molecule is CCCCCCCC(=O)N1c2ccc(C)cc2C2C[NH+](C)CCC21. The summed E-state index contributed by atoms with van der Waals surface area (Å²) in [5.41, 5.74) is 3.92. The molecule has 1 N–H and O–H groups in total. The second-order valence-corrected chi connectivity index (χ2v) is 7.86. The number of quaternary nitrogens is 1. The van der Waals surface area contributed by atoms with Crippen molar-refractivity contribution in [3.63, 3.8) is 0 Å². The molecule has 3 heteroatoms. The van der Waals surface area contributed by atoms with E-state index in [1.165, 1.54) is 49.0 Å². The molecule has 0 aromatic heterocycles. The summed E-state index contributed by atoms with van der Waals surface area (Å²) >= 11 is 0. The Hall–Kier alpha value is -1.35. The van der Waals surface area contributed by atoms with E-state index in [4.69, 9.17) is 0 Å². The molecule has 2 aliphatic rings. The van der Waals surface area contributed by atoms with Crippen LogP contribution in [0.15, 0.2) is 18.2 Å². The van der Waals surface area contributed by atoms with Gasteiger partial charge in [-0.1, -0.05) is 50.3 Å². The number of unbranched alkanes of at least 4 members (excludes halogenated alkanes) is 4. The van der Waals surface area contributed by atoms with E-state index in [9.17, 15) is 4.79 Å². The van der Waals surface area contributed by atoms with Gasteiger partial charge < -0.3 is 9.80 Å². The van der Waals surface area contributed by atoms with Crippen LogP contribution in [0.2, 0.25) is 0 Å². The van der Waals surface area contributed by atoms with Crippen molar-refractivity contribution in [2.75, 3.05) is 25.0 Å². The summed E-state index contributed by atoms with van der Waals surface area (Å²) in [6, 6.07) is 7.07. The second-order valence-electron chi connectivity index (χ2n) is 7.86. The number of nitrogens with one attached hydrogen (secondary N) is 1. The predicted molar refractivity (Wildman–Crippen MR) is 99.8 cm³/mol. The van der Waals surface area contributed by atoms with Gasteiger partial charge in [0.1, 0.15) is 0 Å². The van der Waals surface area contributed by atoms with Crippen LogP contribution in [0.25, 0.3) is 0 Å². The molecule has 3 atom stereocenters. The summed E-state index contributed by atoms with van der Waals surface area (Å²) in [5.74, 6) is 0.876. The topological polar surface area (TPSA) is 24.8 Å². The van der Waals surface area contributed by atoms with E-state index in [2.05, 4.69) is 44.0 Å². The normalized spacial score (nSPS) is 25.5. The number of nitrogens with zero attached hydrogens (tertiary/aromatic N) is 1. The van der Waals surface area contributed by atoms with Gasteiger partial charge in [-0.3, -0.25) is 4.79 Å². The number of hydrogen-bond donors (Lipinski definition) is 1. The number of anilines is 1. The molecule has 1 fully saturated rings. The molecule has 3 nitrogen and oxygen atoms in total. The Balaban J connectivity index is 1.74. The minimum absolute atomic E-state index is 0.351. The Morgan fingerprint density at radius 3 is 2.83 bits per heavy atom. The first-order chi connectivity index (χ1) is 11.6. The molecule has 3 rings (SSSR count). The third kappa shape index (κ3) is 3.51. The molecule has 2 aliphatic heterocycles. The summed E-state index contributed by atoms with van der Waals surface area (Å²) < 4.78 is 0. The van der Waals surface area contributed by atoms with Gasteiger partial charge in [-0.2, -0.15) is 0 Å². The Kier molecular flexibility index (Phi) is 5.60. The molecule has 0 spiro atoms. The highest BCUT2D eigenvalue weighted by molar-refractivity contribution is 5.96. The quantitative estimate of drug-likeness (QED) is 0.797. The first-order valence-corrected chi connectivity index (χ1v) is 9.85. The van der Waals surface area contributed by atoms with Crippen molar-refractivity contribution in [2.24, 2.45) is 0 Å². The summed E-state index contributed by atoms with van der Waals surface area (Å²) in [6.07, 6.45) is 7.88. The number of aryl methyl sites for hydroxylation is 1. The molecule has 0 radical (unpaired) electrons. The summed E-state index contributed by atoms with van der Waals surface area (Å²) in [4.78, 5) is 16.7. The molecule has 1 saturated heterocycles. The van der Waals surface area contributed by atoms with Crippen molar-refractivity contribution in [3.05, 3.63) is 29.3 Å². The van der Waals surface area contributed by atoms with Crippen LogP contribution in [0.1, 0.15) is 68.9 Å². The minimum Gasteiger partial charge on any atom is -0.337 e. The molecule has 1 amide bonds. The van der Waals surface area contributed by atoms with Crippen molar-refractivity contribution in [1.29, 1.82) is 0 Å². The lowest BCUT2D eigenvalue weighted by atomic mass is 9.89. The Labute approximate surface area is 147 Å². The third-order valence-electron chi connectivity index (χ3n) is 5.84. The average molecular weight is 330 g/mol. The number of carbonyl (C=O) groups excluding carboxylic acids is 1. The zero-order valence-corrected chi connectivity index (χ0v) is 15.6. The first kappa shape index (κ1) is 17.5. The molecule has 0 bridgehead atoms. The molecular weight excluding hydrogens is 296 g/mol. The Bertz CT molecular complexity index is 583. The minimum atomic E-state index is 0.351. The third-order valence-corrected chi connectivity index (χ3v) is 5.84. The van der Waals surface area contributed by atoms with E-state index in [0.717, 1.165) is 19.4 Å². The predicted octanol–water partition coefficient (Wildman–Crippen LogP) is 3.07. The summed E-state index contributed by atoms with van der Waals surface area (Å²) in [5, 5.41) is 0. The molecule has 0 saturated carbocycles.